The molecule has 0 spiro atoms. The Morgan fingerprint density at radius 3 is 2.55 bits per heavy atom. The van der Waals surface area contributed by atoms with Gasteiger partial charge in [0.05, 0.1) is 5.69 Å². The molecule has 20 heavy (non-hydrogen) atoms. The van der Waals surface area contributed by atoms with Gasteiger partial charge in [-0.1, -0.05) is 18.2 Å². The lowest BCUT2D eigenvalue weighted by atomic mass is 10.0. The smallest absolute Gasteiger partial charge is 0.223 e. The van der Waals surface area contributed by atoms with Crippen LogP contribution in [0.15, 0.2) is 30.3 Å². The molecule has 0 aliphatic rings. The number of benzene rings is 1. The van der Waals surface area contributed by atoms with Gasteiger partial charge in [0.1, 0.15) is 0 Å². The first-order valence-electron chi connectivity index (χ1n) is 6.81. The van der Waals surface area contributed by atoms with E-state index in [4.69, 9.17) is 0 Å². The summed E-state index contributed by atoms with van der Waals surface area (Å²) < 4.78 is 0. The van der Waals surface area contributed by atoms with E-state index in [9.17, 15) is 0 Å². The summed E-state index contributed by atoms with van der Waals surface area (Å²) in [6, 6.07) is 10.9. The van der Waals surface area contributed by atoms with Crippen LogP contribution in [0.4, 0.5) is 5.95 Å². The van der Waals surface area contributed by atoms with Gasteiger partial charge < -0.3 is 10.2 Å². The number of hydrogen-bond donors (Lipinski definition) is 1. The zero-order valence-corrected chi connectivity index (χ0v) is 12.8. The Labute approximate surface area is 120 Å². The summed E-state index contributed by atoms with van der Waals surface area (Å²) in [5, 5.41) is 3.00. The Balaban J connectivity index is 2.43. The Hall–Kier alpha value is -1.94. The highest BCUT2D eigenvalue weighted by molar-refractivity contribution is 5.62. The number of hydrogen-bond acceptors (Lipinski definition) is 4. The van der Waals surface area contributed by atoms with Crippen LogP contribution in [-0.4, -0.2) is 36.0 Å². The molecule has 0 saturated heterocycles. The molecule has 0 bridgehead atoms. The molecule has 1 aromatic carbocycles. The second kappa shape index (κ2) is 6.01. The predicted octanol–water partition coefficient (Wildman–Crippen LogP) is 3.12. The highest BCUT2D eigenvalue weighted by Crippen LogP contribution is 2.24. The molecule has 2 aromatic rings. The average molecular weight is 270 g/mol. The molecule has 0 saturated carbocycles. The van der Waals surface area contributed by atoms with Crippen LogP contribution < -0.4 is 5.32 Å². The van der Waals surface area contributed by atoms with Gasteiger partial charge in [-0.15, -0.1) is 0 Å². The normalized spacial score (nSPS) is 12.5. The summed E-state index contributed by atoms with van der Waals surface area (Å²) in [5.41, 5.74) is 4.33. The third-order valence-corrected chi connectivity index (χ3v) is 3.52. The van der Waals surface area contributed by atoms with Crippen LogP contribution in [0.1, 0.15) is 24.2 Å². The van der Waals surface area contributed by atoms with Crippen LogP contribution in [0, 0.1) is 6.92 Å². The van der Waals surface area contributed by atoms with Crippen LogP contribution >= 0.6 is 0 Å². The van der Waals surface area contributed by atoms with Crippen molar-refractivity contribution in [3.8, 4) is 11.3 Å². The van der Waals surface area contributed by atoms with Crippen LogP contribution in [0.2, 0.25) is 0 Å². The maximum atomic E-state index is 4.53. The molecule has 4 heteroatoms. The molecule has 1 aromatic heterocycles. The lowest BCUT2D eigenvalue weighted by Gasteiger charge is -2.20. The zero-order valence-electron chi connectivity index (χ0n) is 12.8. The van der Waals surface area contributed by atoms with E-state index >= 15 is 0 Å². The summed E-state index contributed by atoms with van der Waals surface area (Å²) >= 11 is 0. The number of nitrogens with zero attached hydrogens (tertiary/aromatic N) is 3. The van der Waals surface area contributed by atoms with Crippen molar-refractivity contribution in [2.24, 2.45) is 0 Å². The summed E-state index contributed by atoms with van der Waals surface area (Å²) in [4.78, 5) is 11.1. The van der Waals surface area contributed by atoms with Gasteiger partial charge in [0.15, 0.2) is 0 Å². The fourth-order valence-electron chi connectivity index (χ4n) is 2.08. The molecule has 0 aliphatic heterocycles. The van der Waals surface area contributed by atoms with Crippen molar-refractivity contribution in [2.75, 3.05) is 26.5 Å². The minimum Gasteiger partial charge on any atom is -0.357 e. The van der Waals surface area contributed by atoms with Gasteiger partial charge in [-0.25, -0.2) is 9.97 Å². The fourth-order valence-corrected chi connectivity index (χ4v) is 2.08. The molecule has 0 fully saturated rings. The third-order valence-electron chi connectivity index (χ3n) is 3.52. The number of rotatable bonds is 4. The lowest BCUT2D eigenvalue weighted by Crippen LogP contribution is -2.16. The van der Waals surface area contributed by atoms with E-state index < -0.39 is 0 Å². The molecule has 0 aliphatic carbocycles. The monoisotopic (exact) mass is 270 g/mol. The summed E-state index contributed by atoms with van der Waals surface area (Å²) in [7, 11) is 6.01. The van der Waals surface area contributed by atoms with Crippen molar-refractivity contribution in [1.29, 1.82) is 0 Å². The summed E-state index contributed by atoms with van der Waals surface area (Å²) in [6.07, 6.45) is 0. The maximum absolute atomic E-state index is 4.53. The molecule has 4 nitrogen and oxygen atoms in total. The van der Waals surface area contributed by atoms with Gasteiger partial charge in [0.2, 0.25) is 5.95 Å². The first kappa shape index (κ1) is 14.5. The number of nitrogens with one attached hydrogen (secondary N) is 1. The second-order valence-electron chi connectivity index (χ2n) is 5.23. The maximum Gasteiger partial charge on any atom is 0.223 e. The van der Waals surface area contributed by atoms with Crippen molar-refractivity contribution in [3.05, 3.63) is 41.6 Å². The minimum absolute atomic E-state index is 0.377. The van der Waals surface area contributed by atoms with E-state index in [1.54, 1.807) is 0 Å². The molecule has 2 rings (SSSR count). The second-order valence-corrected chi connectivity index (χ2v) is 5.23. The van der Waals surface area contributed by atoms with Crippen molar-refractivity contribution in [3.63, 3.8) is 0 Å². The Bertz CT molecular complexity index is 593. The topological polar surface area (TPSA) is 41.1 Å². The molecule has 0 amide bonds. The molecule has 0 unspecified atom stereocenters. The lowest BCUT2D eigenvalue weighted by molar-refractivity contribution is 0.321. The summed E-state index contributed by atoms with van der Waals surface area (Å²) in [6.45, 7) is 4.18. The van der Waals surface area contributed by atoms with Gasteiger partial charge in [0, 0.05) is 24.3 Å². The molecule has 1 N–H and O–H groups in total. The quantitative estimate of drug-likeness (QED) is 0.926. The minimum atomic E-state index is 0.377. The van der Waals surface area contributed by atoms with E-state index in [-0.39, 0.29) is 0 Å². The summed E-state index contributed by atoms with van der Waals surface area (Å²) in [5.74, 6) is 0.658. The Morgan fingerprint density at radius 2 is 1.90 bits per heavy atom. The first-order chi connectivity index (χ1) is 9.51. The van der Waals surface area contributed by atoms with Crippen molar-refractivity contribution in [2.45, 2.75) is 19.9 Å². The number of aryl methyl sites for hydroxylation is 1. The average Bonchev–Trinajstić information content (AvgIpc) is 2.45. The highest BCUT2D eigenvalue weighted by Gasteiger charge is 2.10. The molecule has 0 radical (unpaired) electrons. The van der Waals surface area contributed by atoms with E-state index in [1.807, 2.05) is 20.0 Å². The van der Waals surface area contributed by atoms with Crippen LogP contribution in [0.5, 0.6) is 0 Å². The van der Waals surface area contributed by atoms with Gasteiger partial charge in [-0.3, -0.25) is 0 Å². The Morgan fingerprint density at radius 1 is 1.15 bits per heavy atom. The van der Waals surface area contributed by atoms with E-state index in [1.165, 1.54) is 5.56 Å². The zero-order chi connectivity index (χ0) is 14.7. The molecule has 1 atom stereocenters. The van der Waals surface area contributed by atoms with Crippen LogP contribution in [0.3, 0.4) is 0 Å². The largest absolute Gasteiger partial charge is 0.357 e. The van der Waals surface area contributed by atoms with Crippen LogP contribution in [-0.2, 0) is 0 Å². The first-order valence-corrected chi connectivity index (χ1v) is 6.81. The molecular formula is C16H22N4. The molecule has 106 valence electrons. The van der Waals surface area contributed by atoms with Crippen molar-refractivity contribution >= 4 is 5.95 Å². The fraction of sp³-hybridized carbons (Fsp3) is 0.375. The van der Waals surface area contributed by atoms with Gasteiger partial charge in [-0.05, 0) is 45.6 Å². The van der Waals surface area contributed by atoms with Gasteiger partial charge >= 0.3 is 0 Å². The van der Waals surface area contributed by atoms with Gasteiger partial charge in [-0.2, -0.15) is 0 Å². The SMILES string of the molecule is CNc1nc(C)cc(-c2cccc([C@H](C)N(C)C)c2)n1. The number of aromatic nitrogens is 2. The van der Waals surface area contributed by atoms with Gasteiger partial charge in [0.25, 0.3) is 0 Å². The van der Waals surface area contributed by atoms with E-state index in [0.29, 0.717) is 12.0 Å². The predicted molar refractivity (Wildman–Crippen MR) is 83.9 cm³/mol. The van der Waals surface area contributed by atoms with Crippen molar-refractivity contribution in [1.82, 2.24) is 14.9 Å². The molecular weight excluding hydrogens is 248 g/mol. The highest BCUT2D eigenvalue weighted by atomic mass is 15.1. The third kappa shape index (κ3) is 3.14. The van der Waals surface area contributed by atoms with Crippen molar-refractivity contribution < 1.29 is 0 Å². The Kier molecular flexibility index (Phi) is 4.35. The van der Waals surface area contributed by atoms with E-state index in [0.717, 1.165) is 17.0 Å². The molecule has 1 heterocycles. The number of anilines is 1. The van der Waals surface area contributed by atoms with Crippen LogP contribution in [0.25, 0.3) is 11.3 Å². The standard InChI is InChI=1S/C16H22N4/c1-11-9-15(19-16(17-3)18-11)14-8-6-7-13(10-14)12(2)20(4)5/h6-10,12H,1-5H3,(H,17,18,19)/t12-/m0/s1. The van der Waals surface area contributed by atoms with E-state index in [2.05, 4.69) is 65.5 Å².